The predicted octanol–water partition coefficient (Wildman–Crippen LogP) is 3.47. The molecule has 1 saturated carbocycles. The molecule has 2 aliphatic rings. The van der Waals surface area contributed by atoms with Crippen molar-refractivity contribution < 1.29 is 13.9 Å². The van der Waals surface area contributed by atoms with Gasteiger partial charge < -0.3 is 5.11 Å². The van der Waals surface area contributed by atoms with E-state index < -0.39 is 17.9 Å². The van der Waals surface area contributed by atoms with Gasteiger partial charge in [0.25, 0.3) is 0 Å². The van der Waals surface area contributed by atoms with Crippen LogP contribution in [0.5, 0.6) is 0 Å². The fraction of sp³-hybridized carbons (Fsp3) is 0.458. The number of fused-ring (bicyclic) bond motifs is 1. The molecule has 1 unspecified atom stereocenters. The molecule has 1 aromatic carbocycles. The lowest BCUT2D eigenvalue weighted by atomic mass is 9.89. The molecule has 4 rings (SSSR count). The first-order valence-electron chi connectivity index (χ1n) is 10.7. The maximum Gasteiger partial charge on any atom is 0.159 e. The number of rotatable bonds is 6. The number of pyridine rings is 1. The molecule has 1 heterocycles. The van der Waals surface area contributed by atoms with E-state index in [0.29, 0.717) is 23.6 Å². The molecule has 1 fully saturated rings. The average molecular weight is 398 g/mol. The Hall–Kier alpha value is -2.11. The zero-order valence-corrected chi connectivity index (χ0v) is 16.6. The minimum Gasteiger partial charge on any atom is -0.373 e. The van der Waals surface area contributed by atoms with Crippen molar-refractivity contribution >= 4 is 12.2 Å². The summed E-state index contributed by atoms with van der Waals surface area (Å²) in [7, 11) is 0. The molecule has 3 nitrogen and oxygen atoms in total. The van der Waals surface area contributed by atoms with E-state index in [0.717, 1.165) is 41.6 Å². The highest BCUT2D eigenvalue weighted by molar-refractivity contribution is 5.41. The highest BCUT2D eigenvalue weighted by Gasteiger charge is 2.17. The summed E-state index contributed by atoms with van der Waals surface area (Å²) in [5.41, 5.74) is 2.26. The van der Waals surface area contributed by atoms with Crippen LogP contribution >= 0.6 is 0 Å². The van der Waals surface area contributed by atoms with Gasteiger partial charge >= 0.3 is 0 Å². The van der Waals surface area contributed by atoms with Gasteiger partial charge in [-0.15, -0.1) is 0 Å². The first-order chi connectivity index (χ1) is 14.1. The number of aromatic nitrogens is 1. The van der Waals surface area contributed by atoms with Gasteiger partial charge in [-0.2, -0.15) is 0 Å². The summed E-state index contributed by atoms with van der Waals surface area (Å²) < 4.78 is 26.9. The van der Waals surface area contributed by atoms with Crippen molar-refractivity contribution in [3.05, 3.63) is 63.3 Å². The second-order valence-electron chi connectivity index (χ2n) is 8.23. The molecule has 2 aromatic rings. The molecular weight excluding hydrogens is 370 g/mol. The molecule has 5 heteroatoms. The monoisotopic (exact) mass is 398 g/mol. The molecular formula is C24H28F2N2O. The van der Waals surface area contributed by atoms with E-state index in [1.54, 1.807) is 6.07 Å². The largest absolute Gasteiger partial charge is 0.373 e. The van der Waals surface area contributed by atoms with Gasteiger partial charge in [-0.1, -0.05) is 37.5 Å². The summed E-state index contributed by atoms with van der Waals surface area (Å²) in [6, 6.07) is 5.91. The van der Waals surface area contributed by atoms with Crippen LogP contribution in [0.4, 0.5) is 8.78 Å². The quantitative estimate of drug-likeness (QED) is 0.733. The molecule has 0 aliphatic heterocycles. The smallest absolute Gasteiger partial charge is 0.159 e. The minimum absolute atomic E-state index is 0.467. The van der Waals surface area contributed by atoms with Crippen molar-refractivity contribution in [2.75, 3.05) is 6.54 Å². The predicted molar refractivity (Wildman–Crippen MR) is 110 cm³/mol. The minimum atomic E-state index is -0.839. The number of halogens is 2. The van der Waals surface area contributed by atoms with Crippen molar-refractivity contribution in [3.8, 4) is 0 Å². The van der Waals surface area contributed by atoms with Crippen molar-refractivity contribution in [1.29, 1.82) is 0 Å². The summed E-state index contributed by atoms with van der Waals surface area (Å²) in [6.07, 6.45) is 12.0. The van der Waals surface area contributed by atoms with Gasteiger partial charge in [-0.05, 0) is 72.6 Å². The van der Waals surface area contributed by atoms with Crippen LogP contribution in [-0.2, 0) is 6.42 Å². The lowest BCUT2D eigenvalue weighted by Gasteiger charge is -2.23. The zero-order valence-electron chi connectivity index (χ0n) is 16.6. The topological polar surface area (TPSA) is 45.1 Å². The van der Waals surface area contributed by atoms with E-state index in [4.69, 9.17) is 0 Å². The highest BCUT2D eigenvalue weighted by Crippen LogP contribution is 2.23. The fourth-order valence-electron chi connectivity index (χ4n) is 4.42. The number of nitrogens with one attached hydrogen (secondary N) is 1. The Kier molecular flexibility index (Phi) is 6.36. The Labute approximate surface area is 170 Å². The molecule has 1 aromatic heterocycles. The molecule has 1 atom stereocenters. The summed E-state index contributed by atoms with van der Waals surface area (Å²) in [5.74, 6) is -1.07. The van der Waals surface area contributed by atoms with Crippen LogP contribution < -0.4 is 15.9 Å². The fourth-order valence-corrected chi connectivity index (χ4v) is 4.42. The summed E-state index contributed by atoms with van der Waals surface area (Å²) >= 11 is 0. The van der Waals surface area contributed by atoms with Crippen LogP contribution in [-0.4, -0.2) is 16.6 Å². The Morgan fingerprint density at radius 3 is 2.62 bits per heavy atom. The van der Waals surface area contributed by atoms with Gasteiger partial charge in [-0.3, -0.25) is 5.32 Å². The highest BCUT2D eigenvalue weighted by atomic mass is 19.2. The Morgan fingerprint density at radius 1 is 1.03 bits per heavy atom. The van der Waals surface area contributed by atoms with E-state index in [1.165, 1.54) is 38.2 Å². The van der Waals surface area contributed by atoms with Crippen molar-refractivity contribution in [2.45, 2.75) is 57.6 Å². The third-order valence-electron chi connectivity index (χ3n) is 6.03. The average Bonchev–Trinajstić information content (AvgIpc) is 2.75. The summed E-state index contributed by atoms with van der Waals surface area (Å²) in [4.78, 5) is 4.68. The van der Waals surface area contributed by atoms with Crippen LogP contribution in [0.1, 0.15) is 68.0 Å². The molecule has 0 amide bonds. The van der Waals surface area contributed by atoms with Crippen LogP contribution in [0, 0.1) is 17.6 Å². The van der Waals surface area contributed by atoms with Gasteiger partial charge in [0.15, 0.2) is 11.6 Å². The van der Waals surface area contributed by atoms with Crippen molar-refractivity contribution in [3.63, 3.8) is 0 Å². The summed E-state index contributed by atoms with van der Waals surface area (Å²) in [5, 5.41) is 15.9. The third kappa shape index (κ3) is 4.90. The first kappa shape index (κ1) is 20.2. The first-order valence-corrected chi connectivity index (χ1v) is 10.7. The number of aliphatic hydroxyl groups is 1. The van der Waals surface area contributed by atoms with Crippen molar-refractivity contribution in [2.24, 2.45) is 5.92 Å². The number of benzene rings is 1. The zero-order chi connectivity index (χ0) is 20.2. The Balaban J connectivity index is 1.58. The number of nitrogens with zero attached hydrogens (tertiary/aromatic N) is 1. The molecule has 154 valence electrons. The van der Waals surface area contributed by atoms with Crippen LogP contribution in [0.25, 0.3) is 12.2 Å². The van der Waals surface area contributed by atoms with E-state index in [2.05, 4.69) is 22.5 Å². The normalized spacial score (nSPS) is 17.9. The van der Waals surface area contributed by atoms with Gasteiger partial charge in [0.1, 0.15) is 6.23 Å². The Bertz CT molecular complexity index is 983. The number of hydrogen-bond acceptors (Lipinski definition) is 3. The molecule has 0 spiro atoms. The maximum atomic E-state index is 13.7. The maximum absolute atomic E-state index is 13.7. The molecule has 29 heavy (non-hydrogen) atoms. The van der Waals surface area contributed by atoms with Crippen LogP contribution in [0.2, 0.25) is 0 Å². The SMILES string of the molecule is OC(NCC1CCCCC1)c1cc(Cc2ccc(F)c(F)c2)c2c(n1)=CCCC=2. The third-order valence-corrected chi connectivity index (χ3v) is 6.03. The summed E-state index contributed by atoms with van der Waals surface area (Å²) in [6.45, 7) is 0.786. The number of hydrogen-bond donors (Lipinski definition) is 2. The van der Waals surface area contributed by atoms with Gasteiger partial charge in [0, 0.05) is 6.54 Å². The van der Waals surface area contributed by atoms with E-state index >= 15 is 0 Å². The van der Waals surface area contributed by atoms with E-state index in [-0.39, 0.29) is 0 Å². The van der Waals surface area contributed by atoms with Gasteiger partial charge in [0.05, 0.1) is 11.0 Å². The Morgan fingerprint density at radius 2 is 1.83 bits per heavy atom. The lowest BCUT2D eigenvalue weighted by molar-refractivity contribution is 0.124. The van der Waals surface area contributed by atoms with E-state index in [9.17, 15) is 13.9 Å². The molecule has 2 aliphatic carbocycles. The molecule has 2 N–H and O–H groups in total. The molecule has 0 radical (unpaired) electrons. The van der Waals surface area contributed by atoms with Crippen LogP contribution in [0.15, 0.2) is 24.3 Å². The standard InChI is InChI=1S/C24H28F2N2O/c25-20-11-10-17(13-21(20)26)12-18-14-23(28-22-9-5-4-8-19(18)22)24(29)27-15-16-6-2-1-3-7-16/h8-11,13-14,16,24,27,29H,1-7,12,15H2. The molecule has 0 saturated heterocycles. The second kappa shape index (κ2) is 9.14. The van der Waals surface area contributed by atoms with E-state index in [1.807, 2.05) is 6.07 Å². The molecule has 0 bridgehead atoms. The second-order valence-corrected chi connectivity index (χ2v) is 8.23. The number of aliphatic hydroxyl groups excluding tert-OH is 1. The van der Waals surface area contributed by atoms with Crippen molar-refractivity contribution in [1.82, 2.24) is 10.3 Å². The van der Waals surface area contributed by atoms with Gasteiger partial charge in [-0.25, -0.2) is 13.8 Å². The lowest BCUT2D eigenvalue weighted by Crippen LogP contribution is -2.37. The van der Waals surface area contributed by atoms with Gasteiger partial charge in [0.2, 0.25) is 0 Å². The van der Waals surface area contributed by atoms with Crippen LogP contribution in [0.3, 0.4) is 0 Å².